The van der Waals surface area contributed by atoms with Crippen LogP contribution < -0.4 is 0 Å². The van der Waals surface area contributed by atoms with Crippen molar-refractivity contribution < 1.29 is 18.0 Å². The highest BCUT2D eigenvalue weighted by molar-refractivity contribution is 7.91. The predicted octanol–water partition coefficient (Wildman–Crippen LogP) is 0.770. The summed E-state index contributed by atoms with van der Waals surface area (Å²) in [7, 11) is -1.43. The second-order valence-corrected chi connectivity index (χ2v) is 8.39. The molecule has 0 aromatic carbocycles. The number of sulfone groups is 1. The van der Waals surface area contributed by atoms with Crippen molar-refractivity contribution in [2.75, 3.05) is 18.6 Å². The number of likely N-dealkylation sites (N-methyl/N-ethyl adjacent to an activating group) is 1. The van der Waals surface area contributed by atoms with Gasteiger partial charge in [-0.15, -0.1) is 0 Å². The highest BCUT2D eigenvalue weighted by Gasteiger charge is 2.58. The maximum absolute atomic E-state index is 12.8. The minimum atomic E-state index is -3.10. The Morgan fingerprint density at radius 2 is 1.80 bits per heavy atom. The number of amides is 3. The Morgan fingerprint density at radius 1 is 1.15 bits per heavy atom. The SMILES string of the molecule is CN1C(=O)N(C2CCS(=O)(=O)C2)C(=O)C12CCCCC2. The summed E-state index contributed by atoms with van der Waals surface area (Å²) in [5, 5.41) is 0. The van der Waals surface area contributed by atoms with E-state index in [1.807, 2.05) is 0 Å². The van der Waals surface area contributed by atoms with Crippen LogP contribution in [0.25, 0.3) is 0 Å². The van der Waals surface area contributed by atoms with Crippen LogP contribution in [0.1, 0.15) is 38.5 Å². The fourth-order valence-corrected chi connectivity index (χ4v) is 5.49. The van der Waals surface area contributed by atoms with Crippen molar-refractivity contribution in [3.63, 3.8) is 0 Å². The summed E-state index contributed by atoms with van der Waals surface area (Å²) in [6.45, 7) is 0. The third kappa shape index (κ3) is 1.86. The van der Waals surface area contributed by atoms with E-state index >= 15 is 0 Å². The topological polar surface area (TPSA) is 74.8 Å². The zero-order chi connectivity index (χ0) is 14.5. The van der Waals surface area contributed by atoms with E-state index in [-0.39, 0.29) is 23.4 Å². The van der Waals surface area contributed by atoms with Gasteiger partial charge < -0.3 is 4.90 Å². The summed E-state index contributed by atoms with van der Waals surface area (Å²) in [6.07, 6.45) is 4.76. The van der Waals surface area contributed by atoms with Gasteiger partial charge in [0.25, 0.3) is 5.91 Å². The lowest BCUT2D eigenvalue weighted by Gasteiger charge is -2.36. The minimum Gasteiger partial charge on any atom is -0.313 e. The molecule has 2 heterocycles. The quantitative estimate of drug-likeness (QED) is 0.670. The monoisotopic (exact) mass is 300 g/mol. The molecule has 0 radical (unpaired) electrons. The molecule has 0 bridgehead atoms. The van der Waals surface area contributed by atoms with Gasteiger partial charge in [0.15, 0.2) is 9.84 Å². The molecule has 1 unspecified atom stereocenters. The molecule has 2 aliphatic heterocycles. The van der Waals surface area contributed by atoms with Crippen molar-refractivity contribution in [1.82, 2.24) is 9.80 Å². The lowest BCUT2D eigenvalue weighted by molar-refractivity contribution is -0.135. The number of hydrogen-bond donors (Lipinski definition) is 0. The number of carbonyl (C=O) groups is 2. The van der Waals surface area contributed by atoms with Crippen LogP contribution in [-0.2, 0) is 14.6 Å². The molecule has 7 heteroatoms. The zero-order valence-electron chi connectivity index (χ0n) is 11.7. The van der Waals surface area contributed by atoms with Crippen LogP contribution in [0.2, 0.25) is 0 Å². The first kappa shape index (κ1) is 13.9. The fraction of sp³-hybridized carbons (Fsp3) is 0.846. The number of rotatable bonds is 1. The van der Waals surface area contributed by atoms with Crippen molar-refractivity contribution >= 4 is 21.8 Å². The number of urea groups is 1. The second-order valence-electron chi connectivity index (χ2n) is 6.17. The predicted molar refractivity (Wildman–Crippen MR) is 72.9 cm³/mol. The van der Waals surface area contributed by atoms with Crippen molar-refractivity contribution in [3.05, 3.63) is 0 Å². The molecular weight excluding hydrogens is 280 g/mol. The van der Waals surface area contributed by atoms with Crippen LogP contribution in [0.5, 0.6) is 0 Å². The molecule has 1 saturated carbocycles. The fourth-order valence-electron chi connectivity index (χ4n) is 3.79. The van der Waals surface area contributed by atoms with Crippen LogP contribution in [0.3, 0.4) is 0 Å². The normalized spacial score (nSPS) is 32.4. The first-order valence-electron chi connectivity index (χ1n) is 7.19. The van der Waals surface area contributed by atoms with Gasteiger partial charge in [-0.1, -0.05) is 19.3 Å². The first-order valence-corrected chi connectivity index (χ1v) is 9.01. The maximum Gasteiger partial charge on any atom is 0.327 e. The van der Waals surface area contributed by atoms with Gasteiger partial charge in [0, 0.05) is 7.05 Å². The molecule has 2 saturated heterocycles. The highest BCUT2D eigenvalue weighted by atomic mass is 32.2. The highest BCUT2D eigenvalue weighted by Crippen LogP contribution is 2.41. The molecule has 1 atom stereocenters. The van der Waals surface area contributed by atoms with Crippen LogP contribution in [0.15, 0.2) is 0 Å². The number of imide groups is 1. The van der Waals surface area contributed by atoms with E-state index in [1.165, 1.54) is 4.90 Å². The Kier molecular flexibility index (Phi) is 3.08. The van der Waals surface area contributed by atoms with Gasteiger partial charge in [-0.25, -0.2) is 13.2 Å². The molecule has 112 valence electrons. The third-order valence-corrected chi connectivity index (χ3v) is 6.76. The zero-order valence-corrected chi connectivity index (χ0v) is 12.5. The molecule has 6 nitrogen and oxygen atoms in total. The molecule has 3 rings (SSSR count). The lowest BCUT2D eigenvalue weighted by atomic mass is 9.80. The van der Waals surface area contributed by atoms with Gasteiger partial charge in [-0.3, -0.25) is 9.69 Å². The van der Waals surface area contributed by atoms with E-state index in [9.17, 15) is 18.0 Å². The molecule has 1 aliphatic carbocycles. The average Bonchev–Trinajstić information content (AvgIpc) is 2.85. The Bertz CT molecular complexity index is 551. The van der Waals surface area contributed by atoms with E-state index in [1.54, 1.807) is 11.9 Å². The average molecular weight is 300 g/mol. The second kappa shape index (κ2) is 4.44. The molecule has 20 heavy (non-hydrogen) atoms. The number of nitrogens with zero attached hydrogens (tertiary/aromatic N) is 2. The molecule has 3 aliphatic rings. The van der Waals surface area contributed by atoms with Gasteiger partial charge in [-0.2, -0.15) is 0 Å². The van der Waals surface area contributed by atoms with Crippen LogP contribution >= 0.6 is 0 Å². The van der Waals surface area contributed by atoms with Crippen molar-refractivity contribution in [2.24, 2.45) is 0 Å². The molecule has 0 aromatic rings. The van der Waals surface area contributed by atoms with E-state index in [0.29, 0.717) is 19.3 Å². The van der Waals surface area contributed by atoms with Crippen molar-refractivity contribution in [1.29, 1.82) is 0 Å². The molecule has 0 aromatic heterocycles. The van der Waals surface area contributed by atoms with Gasteiger partial charge in [0.2, 0.25) is 0 Å². The molecule has 3 amide bonds. The Morgan fingerprint density at radius 3 is 2.35 bits per heavy atom. The van der Waals surface area contributed by atoms with Crippen LogP contribution in [0.4, 0.5) is 4.79 Å². The van der Waals surface area contributed by atoms with E-state index < -0.39 is 21.4 Å². The third-order valence-electron chi connectivity index (χ3n) is 5.01. The smallest absolute Gasteiger partial charge is 0.313 e. The van der Waals surface area contributed by atoms with Gasteiger partial charge in [-0.05, 0) is 19.3 Å². The molecular formula is C13H20N2O4S. The number of carbonyl (C=O) groups excluding carboxylic acids is 2. The van der Waals surface area contributed by atoms with E-state index in [0.717, 1.165) is 19.3 Å². The van der Waals surface area contributed by atoms with Crippen molar-refractivity contribution in [3.8, 4) is 0 Å². The van der Waals surface area contributed by atoms with Gasteiger partial charge >= 0.3 is 6.03 Å². The van der Waals surface area contributed by atoms with Gasteiger partial charge in [0.1, 0.15) is 5.54 Å². The maximum atomic E-state index is 12.8. The first-order chi connectivity index (χ1) is 9.37. The van der Waals surface area contributed by atoms with Crippen LogP contribution in [0, 0.1) is 0 Å². The van der Waals surface area contributed by atoms with Crippen LogP contribution in [-0.4, -0.2) is 60.3 Å². The summed E-state index contributed by atoms with van der Waals surface area (Å²) in [4.78, 5) is 28.0. The van der Waals surface area contributed by atoms with Crippen molar-refractivity contribution in [2.45, 2.75) is 50.1 Å². The summed E-state index contributed by atoms with van der Waals surface area (Å²) < 4.78 is 23.2. The largest absolute Gasteiger partial charge is 0.327 e. The molecule has 3 fully saturated rings. The summed E-state index contributed by atoms with van der Waals surface area (Å²) in [5.74, 6) is -0.174. The molecule has 0 N–H and O–H groups in total. The van der Waals surface area contributed by atoms with Gasteiger partial charge in [0.05, 0.1) is 17.5 Å². The summed E-state index contributed by atoms with van der Waals surface area (Å²) >= 11 is 0. The van der Waals surface area contributed by atoms with E-state index in [2.05, 4.69) is 0 Å². The summed E-state index contributed by atoms with van der Waals surface area (Å²) in [6, 6.07) is -0.789. The Hall–Kier alpha value is -1.11. The van der Waals surface area contributed by atoms with E-state index in [4.69, 9.17) is 0 Å². The molecule has 1 spiro atoms. The minimum absolute atomic E-state index is 0.0748. The standard InChI is InChI=1S/C13H20N2O4S/c1-14-12(17)15(10-5-8-20(18,19)9-10)11(16)13(14)6-3-2-4-7-13/h10H,2-9H2,1H3. The lowest BCUT2D eigenvalue weighted by Crippen LogP contribution is -2.49. The summed E-state index contributed by atoms with van der Waals surface area (Å²) in [5.41, 5.74) is -0.707. The Balaban J connectivity index is 1.90. The number of hydrogen-bond acceptors (Lipinski definition) is 4. The Labute approximate surface area is 119 Å².